The molecule has 3 aromatic rings. The molecule has 2 aromatic carbocycles. The summed E-state index contributed by atoms with van der Waals surface area (Å²) in [6.07, 6.45) is 3.91. The summed E-state index contributed by atoms with van der Waals surface area (Å²) in [6.45, 7) is 7.29. The predicted molar refractivity (Wildman–Crippen MR) is 129 cm³/mol. The van der Waals surface area contributed by atoms with Gasteiger partial charge in [-0.3, -0.25) is 9.69 Å². The molecule has 1 aromatic heterocycles. The summed E-state index contributed by atoms with van der Waals surface area (Å²) < 4.78 is 1.68. The molecule has 168 valence electrons. The smallest absolute Gasteiger partial charge is 0.256 e. The minimum atomic E-state index is -0.196. The van der Waals surface area contributed by atoms with Crippen molar-refractivity contribution in [2.24, 2.45) is 0 Å². The molecule has 0 spiro atoms. The Kier molecular flexibility index (Phi) is 7.28. The minimum Gasteiger partial charge on any atom is -0.348 e. The Bertz CT molecular complexity index is 1050. The van der Waals surface area contributed by atoms with Gasteiger partial charge in [0.1, 0.15) is 5.15 Å². The van der Waals surface area contributed by atoms with Crippen molar-refractivity contribution in [3.05, 3.63) is 87.7 Å². The maximum Gasteiger partial charge on any atom is 0.256 e. The van der Waals surface area contributed by atoms with Gasteiger partial charge in [0.2, 0.25) is 0 Å². The maximum atomic E-state index is 12.8. The number of nitrogens with one attached hydrogen (secondary N) is 1. The number of aromatic nitrogens is 2. The van der Waals surface area contributed by atoms with Crippen molar-refractivity contribution in [3.63, 3.8) is 0 Å². The Morgan fingerprint density at radius 3 is 2.44 bits per heavy atom. The van der Waals surface area contributed by atoms with E-state index in [1.807, 2.05) is 37.3 Å². The van der Waals surface area contributed by atoms with Crippen molar-refractivity contribution in [1.82, 2.24) is 20.0 Å². The summed E-state index contributed by atoms with van der Waals surface area (Å²) in [7, 11) is 0. The molecule has 1 unspecified atom stereocenters. The number of carbonyl (C=O) groups is 1. The number of amides is 1. The quantitative estimate of drug-likeness (QED) is 0.538. The molecule has 1 atom stereocenters. The Morgan fingerprint density at radius 2 is 1.72 bits per heavy atom. The van der Waals surface area contributed by atoms with E-state index in [1.54, 1.807) is 4.68 Å². The molecule has 0 radical (unpaired) electrons. The first-order chi connectivity index (χ1) is 15.5. The number of piperidine rings is 1. The Labute approximate surface area is 195 Å². The van der Waals surface area contributed by atoms with Crippen LogP contribution in [-0.4, -0.2) is 33.2 Å². The van der Waals surface area contributed by atoms with Crippen LogP contribution in [0.1, 0.15) is 58.9 Å². The van der Waals surface area contributed by atoms with Crippen LogP contribution in [0.15, 0.2) is 54.6 Å². The zero-order valence-electron chi connectivity index (χ0n) is 18.9. The Balaban J connectivity index is 1.35. The van der Waals surface area contributed by atoms with Crippen LogP contribution in [0.2, 0.25) is 5.15 Å². The fraction of sp³-hybridized carbons (Fsp3) is 0.385. The van der Waals surface area contributed by atoms with Crippen LogP contribution < -0.4 is 5.32 Å². The van der Waals surface area contributed by atoms with E-state index in [-0.39, 0.29) is 5.91 Å². The Morgan fingerprint density at radius 1 is 1.03 bits per heavy atom. The monoisotopic (exact) mass is 450 g/mol. The molecule has 6 heteroatoms. The van der Waals surface area contributed by atoms with Crippen molar-refractivity contribution >= 4 is 17.5 Å². The van der Waals surface area contributed by atoms with Gasteiger partial charge in [-0.2, -0.15) is 5.10 Å². The molecule has 1 amide bonds. The van der Waals surface area contributed by atoms with E-state index in [4.69, 9.17) is 11.6 Å². The number of rotatable bonds is 7. The van der Waals surface area contributed by atoms with Crippen LogP contribution in [0.3, 0.4) is 0 Å². The molecule has 1 fully saturated rings. The standard InChI is InChI=1S/C26H31ClN4O/c1-19-8-6-7-15-30(19)17-23-13-11-21(12-14-23)16-28-26(32)24-20(2)29-31(25(24)27)18-22-9-4-3-5-10-22/h3-5,9-14,19H,6-8,15-18H2,1-2H3,(H,28,32). The number of halogens is 1. The third-order valence-corrected chi connectivity index (χ3v) is 6.65. The van der Waals surface area contributed by atoms with Gasteiger partial charge in [0.05, 0.1) is 17.8 Å². The molecule has 1 aliphatic rings. The zero-order chi connectivity index (χ0) is 22.5. The lowest BCUT2D eigenvalue weighted by molar-refractivity contribution is 0.0950. The second kappa shape index (κ2) is 10.3. The molecule has 1 N–H and O–H groups in total. The molecule has 0 saturated carbocycles. The number of aryl methyl sites for hydroxylation is 1. The van der Waals surface area contributed by atoms with Crippen molar-refractivity contribution in [3.8, 4) is 0 Å². The summed E-state index contributed by atoms with van der Waals surface area (Å²) >= 11 is 6.52. The van der Waals surface area contributed by atoms with E-state index in [0.717, 1.165) is 17.7 Å². The third kappa shape index (κ3) is 5.40. The lowest BCUT2D eigenvalue weighted by atomic mass is 10.0. The predicted octanol–water partition coefficient (Wildman–Crippen LogP) is 5.20. The van der Waals surface area contributed by atoms with E-state index >= 15 is 0 Å². The van der Waals surface area contributed by atoms with Gasteiger partial charge in [-0.15, -0.1) is 0 Å². The van der Waals surface area contributed by atoms with Crippen molar-refractivity contribution in [2.75, 3.05) is 6.54 Å². The molecule has 4 rings (SSSR count). The summed E-state index contributed by atoms with van der Waals surface area (Å²) in [4.78, 5) is 15.4. The maximum absolute atomic E-state index is 12.8. The van der Waals surface area contributed by atoms with Gasteiger partial charge >= 0.3 is 0 Å². The molecular formula is C26H31ClN4O. The fourth-order valence-corrected chi connectivity index (χ4v) is 4.65. The van der Waals surface area contributed by atoms with Crippen LogP contribution in [0.4, 0.5) is 0 Å². The number of likely N-dealkylation sites (tertiary alicyclic amines) is 1. The van der Waals surface area contributed by atoms with Gasteiger partial charge in [0.15, 0.2) is 0 Å². The molecule has 2 heterocycles. The zero-order valence-corrected chi connectivity index (χ0v) is 19.6. The number of hydrogen-bond acceptors (Lipinski definition) is 3. The highest BCUT2D eigenvalue weighted by molar-refractivity contribution is 6.33. The summed E-state index contributed by atoms with van der Waals surface area (Å²) in [5.41, 5.74) is 4.55. The number of carbonyl (C=O) groups excluding carboxylic acids is 1. The number of nitrogens with zero attached hydrogens (tertiary/aromatic N) is 3. The van der Waals surface area contributed by atoms with Gasteiger partial charge in [-0.05, 0) is 49.9 Å². The molecule has 32 heavy (non-hydrogen) atoms. The van der Waals surface area contributed by atoms with Crippen LogP contribution in [0, 0.1) is 6.92 Å². The van der Waals surface area contributed by atoms with Crippen molar-refractivity contribution in [1.29, 1.82) is 0 Å². The lowest BCUT2D eigenvalue weighted by Gasteiger charge is -2.33. The molecule has 1 saturated heterocycles. The second-order valence-corrected chi connectivity index (χ2v) is 9.07. The average molecular weight is 451 g/mol. The first kappa shape index (κ1) is 22.6. The number of benzene rings is 2. The van der Waals surface area contributed by atoms with E-state index in [0.29, 0.717) is 35.5 Å². The summed E-state index contributed by atoms with van der Waals surface area (Å²) in [5, 5.41) is 7.84. The van der Waals surface area contributed by atoms with Gasteiger partial charge in [0, 0.05) is 19.1 Å². The highest BCUT2D eigenvalue weighted by Gasteiger charge is 2.21. The van der Waals surface area contributed by atoms with E-state index < -0.39 is 0 Å². The normalized spacial score (nSPS) is 16.8. The first-order valence-electron chi connectivity index (χ1n) is 11.4. The molecule has 0 bridgehead atoms. The topological polar surface area (TPSA) is 50.2 Å². The van der Waals surface area contributed by atoms with Crippen LogP contribution in [-0.2, 0) is 19.6 Å². The summed E-state index contributed by atoms with van der Waals surface area (Å²) in [5.74, 6) is -0.196. The van der Waals surface area contributed by atoms with Gasteiger partial charge < -0.3 is 5.32 Å². The minimum absolute atomic E-state index is 0.196. The van der Waals surface area contributed by atoms with Crippen LogP contribution in [0.5, 0.6) is 0 Å². The largest absolute Gasteiger partial charge is 0.348 e. The van der Waals surface area contributed by atoms with E-state index in [2.05, 4.69) is 46.5 Å². The fourth-order valence-electron chi connectivity index (χ4n) is 4.33. The molecular weight excluding hydrogens is 420 g/mol. The van der Waals surface area contributed by atoms with E-state index in [9.17, 15) is 4.79 Å². The third-order valence-electron chi connectivity index (χ3n) is 6.27. The average Bonchev–Trinajstić information content (AvgIpc) is 3.08. The van der Waals surface area contributed by atoms with Crippen molar-refractivity contribution < 1.29 is 4.79 Å². The molecule has 1 aliphatic heterocycles. The number of hydrogen-bond donors (Lipinski definition) is 1. The first-order valence-corrected chi connectivity index (χ1v) is 11.8. The highest BCUT2D eigenvalue weighted by Crippen LogP contribution is 2.22. The highest BCUT2D eigenvalue weighted by atomic mass is 35.5. The van der Waals surface area contributed by atoms with E-state index in [1.165, 1.54) is 31.4 Å². The summed E-state index contributed by atoms with van der Waals surface area (Å²) in [6, 6.07) is 19.1. The lowest BCUT2D eigenvalue weighted by Crippen LogP contribution is -2.36. The van der Waals surface area contributed by atoms with Gasteiger partial charge in [-0.25, -0.2) is 4.68 Å². The van der Waals surface area contributed by atoms with Gasteiger partial charge in [-0.1, -0.05) is 72.6 Å². The van der Waals surface area contributed by atoms with Gasteiger partial charge in [0.25, 0.3) is 5.91 Å². The van der Waals surface area contributed by atoms with Crippen molar-refractivity contribution in [2.45, 2.75) is 58.8 Å². The SMILES string of the molecule is Cc1nn(Cc2ccccc2)c(Cl)c1C(=O)NCc1ccc(CN2CCCCC2C)cc1. The van der Waals surface area contributed by atoms with Crippen LogP contribution in [0.25, 0.3) is 0 Å². The Hall–Kier alpha value is -2.63. The second-order valence-electron chi connectivity index (χ2n) is 8.71. The van der Waals surface area contributed by atoms with Crippen LogP contribution >= 0.6 is 11.6 Å². The molecule has 5 nitrogen and oxygen atoms in total. The molecule has 0 aliphatic carbocycles.